The lowest BCUT2D eigenvalue weighted by atomic mass is 10.3. The Morgan fingerprint density at radius 3 is 2.69 bits per heavy atom. The van der Waals surface area contributed by atoms with Crippen LogP contribution in [-0.2, 0) is 9.59 Å². The van der Waals surface area contributed by atoms with Gasteiger partial charge in [-0.2, -0.15) is 0 Å². The van der Waals surface area contributed by atoms with Crippen molar-refractivity contribution in [2.45, 2.75) is 6.92 Å². The van der Waals surface area contributed by atoms with E-state index in [4.69, 9.17) is 4.74 Å². The van der Waals surface area contributed by atoms with Crippen LogP contribution in [0.3, 0.4) is 0 Å². The zero-order valence-electron chi connectivity index (χ0n) is 9.24. The molecular weight excluding hydrogens is 208 g/mol. The van der Waals surface area contributed by atoms with Gasteiger partial charge in [-0.05, 0) is 19.1 Å². The Kier molecular flexibility index (Phi) is 4.32. The van der Waals surface area contributed by atoms with Gasteiger partial charge in [-0.3, -0.25) is 9.59 Å². The molecule has 0 bridgehead atoms. The van der Waals surface area contributed by atoms with E-state index in [1.54, 1.807) is 31.2 Å². The summed E-state index contributed by atoms with van der Waals surface area (Å²) >= 11 is 0. The smallest absolute Gasteiger partial charge is 0.313 e. The van der Waals surface area contributed by atoms with Crippen molar-refractivity contribution in [3.05, 3.63) is 24.3 Å². The molecule has 5 nitrogen and oxygen atoms in total. The van der Waals surface area contributed by atoms with Crippen molar-refractivity contribution < 1.29 is 14.3 Å². The number of rotatable bonds is 3. The number of nitrogens with one attached hydrogen (secondary N) is 2. The number of carbonyl (C=O) groups is 2. The Bertz CT molecular complexity index is 391. The number of amides is 2. The van der Waals surface area contributed by atoms with E-state index in [-0.39, 0.29) is 0 Å². The van der Waals surface area contributed by atoms with Gasteiger partial charge in [0.25, 0.3) is 0 Å². The summed E-state index contributed by atoms with van der Waals surface area (Å²) in [6, 6.07) is 6.80. The van der Waals surface area contributed by atoms with Gasteiger partial charge >= 0.3 is 11.8 Å². The third-order valence-corrected chi connectivity index (χ3v) is 1.87. The van der Waals surface area contributed by atoms with Crippen LogP contribution >= 0.6 is 0 Å². The number of hydrogen-bond donors (Lipinski definition) is 2. The van der Waals surface area contributed by atoms with Crippen LogP contribution in [0.1, 0.15) is 6.92 Å². The number of anilines is 1. The van der Waals surface area contributed by atoms with E-state index in [2.05, 4.69) is 10.6 Å². The predicted octanol–water partition coefficient (Wildman–Crippen LogP) is 0.770. The zero-order chi connectivity index (χ0) is 12.0. The van der Waals surface area contributed by atoms with Gasteiger partial charge < -0.3 is 15.4 Å². The molecule has 0 aliphatic heterocycles. The topological polar surface area (TPSA) is 67.4 Å². The first-order valence-electron chi connectivity index (χ1n) is 4.90. The number of benzene rings is 1. The van der Waals surface area contributed by atoms with Crippen molar-refractivity contribution >= 4 is 17.5 Å². The quantitative estimate of drug-likeness (QED) is 0.742. The van der Waals surface area contributed by atoms with E-state index in [1.165, 1.54) is 7.11 Å². The second kappa shape index (κ2) is 5.75. The number of methoxy groups -OCH3 is 1. The first-order valence-corrected chi connectivity index (χ1v) is 4.90. The molecule has 16 heavy (non-hydrogen) atoms. The van der Waals surface area contributed by atoms with Crippen molar-refractivity contribution in [3.63, 3.8) is 0 Å². The maximum atomic E-state index is 11.3. The summed E-state index contributed by atoms with van der Waals surface area (Å²) in [5.41, 5.74) is 0.524. The molecule has 0 fully saturated rings. The van der Waals surface area contributed by atoms with Crippen molar-refractivity contribution in [1.29, 1.82) is 0 Å². The Balaban J connectivity index is 2.65. The van der Waals surface area contributed by atoms with Crippen LogP contribution in [0.5, 0.6) is 5.75 Å². The highest BCUT2D eigenvalue weighted by molar-refractivity contribution is 6.39. The lowest BCUT2D eigenvalue weighted by molar-refractivity contribution is -0.136. The van der Waals surface area contributed by atoms with E-state index in [1.807, 2.05) is 0 Å². The molecular formula is C11H14N2O3. The molecule has 2 amide bonds. The molecule has 0 radical (unpaired) electrons. The van der Waals surface area contributed by atoms with Gasteiger partial charge in [0.05, 0.1) is 7.11 Å². The fourth-order valence-electron chi connectivity index (χ4n) is 1.13. The Morgan fingerprint density at radius 2 is 2.06 bits per heavy atom. The molecule has 1 rings (SSSR count). The molecule has 0 aliphatic rings. The van der Waals surface area contributed by atoms with E-state index in [0.717, 1.165) is 0 Å². The Hall–Kier alpha value is -2.04. The number of ether oxygens (including phenoxy) is 1. The maximum absolute atomic E-state index is 11.3. The fourth-order valence-corrected chi connectivity index (χ4v) is 1.13. The third kappa shape index (κ3) is 3.27. The molecule has 0 spiro atoms. The molecule has 0 atom stereocenters. The maximum Gasteiger partial charge on any atom is 0.313 e. The summed E-state index contributed by atoms with van der Waals surface area (Å²) in [7, 11) is 1.53. The first kappa shape index (κ1) is 12.0. The standard InChI is InChI=1S/C11H14N2O3/c1-3-12-10(14)11(15)13-8-5-4-6-9(7-8)16-2/h4-7H,3H2,1-2H3,(H,12,14)(H,13,15). The fraction of sp³-hybridized carbons (Fsp3) is 0.273. The predicted molar refractivity (Wildman–Crippen MR) is 60.3 cm³/mol. The lowest BCUT2D eigenvalue weighted by Gasteiger charge is -2.06. The Labute approximate surface area is 93.8 Å². The second-order valence-corrected chi connectivity index (χ2v) is 3.05. The first-order chi connectivity index (χ1) is 7.67. The molecule has 0 aliphatic carbocycles. The van der Waals surface area contributed by atoms with E-state index >= 15 is 0 Å². The minimum absolute atomic E-state index is 0.421. The molecule has 1 aromatic rings. The zero-order valence-corrected chi connectivity index (χ0v) is 9.24. The number of likely N-dealkylation sites (N-methyl/N-ethyl adjacent to an activating group) is 1. The highest BCUT2D eigenvalue weighted by Gasteiger charge is 2.12. The normalized spacial score (nSPS) is 9.38. The molecule has 0 saturated carbocycles. The van der Waals surface area contributed by atoms with Crippen LogP contribution in [0.25, 0.3) is 0 Å². The molecule has 0 aromatic heterocycles. The molecule has 0 unspecified atom stereocenters. The van der Waals surface area contributed by atoms with Gasteiger partial charge in [-0.15, -0.1) is 0 Å². The summed E-state index contributed by atoms with van der Waals surface area (Å²) in [5, 5.41) is 4.88. The minimum atomic E-state index is -0.685. The molecule has 5 heteroatoms. The van der Waals surface area contributed by atoms with Crippen molar-refractivity contribution in [3.8, 4) is 5.75 Å². The monoisotopic (exact) mass is 222 g/mol. The summed E-state index contributed by atoms with van der Waals surface area (Å²) in [6.45, 7) is 2.17. The summed E-state index contributed by atoms with van der Waals surface area (Å²) in [4.78, 5) is 22.5. The third-order valence-electron chi connectivity index (χ3n) is 1.87. The molecule has 1 aromatic carbocycles. The highest BCUT2D eigenvalue weighted by atomic mass is 16.5. The summed E-state index contributed by atoms with van der Waals surface area (Å²) in [5.74, 6) is -0.714. The van der Waals surface area contributed by atoms with Gasteiger partial charge in [0, 0.05) is 18.3 Å². The van der Waals surface area contributed by atoms with Gasteiger partial charge in [0.2, 0.25) is 0 Å². The van der Waals surface area contributed by atoms with E-state index in [9.17, 15) is 9.59 Å². The van der Waals surface area contributed by atoms with Gasteiger partial charge in [-0.25, -0.2) is 0 Å². The minimum Gasteiger partial charge on any atom is -0.497 e. The van der Waals surface area contributed by atoms with E-state index in [0.29, 0.717) is 18.0 Å². The van der Waals surface area contributed by atoms with Gasteiger partial charge in [0.1, 0.15) is 5.75 Å². The molecule has 86 valence electrons. The van der Waals surface area contributed by atoms with Crippen molar-refractivity contribution in [2.24, 2.45) is 0 Å². The van der Waals surface area contributed by atoms with Crippen LogP contribution in [0.4, 0.5) is 5.69 Å². The summed E-state index contributed by atoms with van der Waals surface area (Å²) < 4.78 is 4.99. The average molecular weight is 222 g/mol. The van der Waals surface area contributed by atoms with Crippen LogP contribution in [-0.4, -0.2) is 25.5 Å². The molecule has 0 saturated heterocycles. The highest BCUT2D eigenvalue weighted by Crippen LogP contribution is 2.16. The van der Waals surface area contributed by atoms with Crippen LogP contribution in [0, 0.1) is 0 Å². The van der Waals surface area contributed by atoms with Gasteiger partial charge in [-0.1, -0.05) is 6.07 Å². The summed E-state index contributed by atoms with van der Waals surface area (Å²) in [6.07, 6.45) is 0. The van der Waals surface area contributed by atoms with Gasteiger partial charge in [0.15, 0.2) is 0 Å². The number of carbonyl (C=O) groups excluding carboxylic acids is 2. The molecule has 2 N–H and O–H groups in total. The lowest BCUT2D eigenvalue weighted by Crippen LogP contribution is -2.35. The van der Waals surface area contributed by atoms with Crippen LogP contribution in [0.2, 0.25) is 0 Å². The second-order valence-electron chi connectivity index (χ2n) is 3.05. The van der Waals surface area contributed by atoms with Crippen LogP contribution in [0.15, 0.2) is 24.3 Å². The van der Waals surface area contributed by atoms with Crippen molar-refractivity contribution in [2.75, 3.05) is 19.0 Å². The largest absolute Gasteiger partial charge is 0.497 e. The van der Waals surface area contributed by atoms with Crippen LogP contribution < -0.4 is 15.4 Å². The number of hydrogen-bond acceptors (Lipinski definition) is 3. The van der Waals surface area contributed by atoms with E-state index < -0.39 is 11.8 Å². The molecule has 0 heterocycles. The van der Waals surface area contributed by atoms with Crippen molar-refractivity contribution in [1.82, 2.24) is 5.32 Å². The SMILES string of the molecule is CCNC(=O)C(=O)Nc1cccc(OC)c1. The average Bonchev–Trinajstić information content (AvgIpc) is 2.29. The Morgan fingerprint density at radius 1 is 1.31 bits per heavy atom.